The van der Waals surface area contributed by atoms with Gasteiger partial charge in [0.15, 0.2) is 0 Å². The van der Waals surface area contributed by atoms with Gasteiger partial charge < -0.3 is 19.3 Å². The van der Waals surface area contributed by atoms with Gasteiger partial charge >= 0.3 is 5.97 Å². The van der Waals surface area contributed by atoms with E-state index in [1.807, 2.05) is 24.4 Å². The van der Waals surface area contributed by atoms with E-state index in [0.29, 0.717) is 13.2 Å². The lowest BCUT2D eigenvalue weighted by atomic mass is 10.1. The topological polar surface area (TPSA) is 71.8 Å². The van der Waals surface area contributed by atoms with Crippen LogP contribution in [0.3, 0.4) is 0 Å². The molecule has 1 atom stereocenters. The maximum atomic E-state index is 12.8. The smallest absolute Gasteiger partial charge is 0.305 e. The minimum Gasteiger partial charge on any atom is -0.481 e. The van der Waals surface area contributed by atoms with Crippen LogP contribution in [0.1, 0.15) is 18.9 Å². The Bertz CT molecular complexity index is 753. The Kier molecular flexibility index (Phi) is 4.85. The van der Waals surface area contributed by atoms with Crippen LogP contribution in [0.25, 0.3) is 10.9 Å². The molecule has 1 unspecified atom stereocenters. The second-order valence-electron chi connectivity index (χ2n) is 6.05. The standard InChI is InChI=1S/C18H22N2O4/c1-2-19-11-13(15-5-3-4-6-16(15)19)9-17(21)20-7-8-24-12-14(20)10-18(22)23/h3-6,11,14H,2,7-10,12H2,1H3,(H,22,23). The number of hydrogen-bond acceptors (Lipinski definition) is 3. The molecule has 1 aromatic carbocycles. The van der Waals surface area contributed by atoms with Crippen LogP contribution in [0.15, 0.2) is 30.5 Å². The Balaban J connectivity index is 1.82. The van der Waals surface area contributed by atoms with Crippen LogP contribution in [-0.2, 0) is 27.3 Å². The third-order valence-electron chi connectivity index (χ3n) is 4.51. The molecule has 1 N–H and O–H groups in total. The fourth-order valence-electron chi connectivity index (χ4n) is 3.34. The number of aliphatic carboxylic acids is 1. The van der Waals surface area contributed by atoms with Gasteiger partial charge in [0.05, 0.1) is 32.1 Å². The summed E-state index contributed by atoms with van der Waals surface area (Å²) in [6, 6.07) is 7.65. The monoisotopic (exact) mass is 330 g/mol. The normalized spacial score (nSPS) is 18.0. The number of carboxylic acid groups (broad SMARTS) is 1. The van der Waals surface area contributed by atoms with Gasteiger partial charge in [-0.3, -0.25) is 9.59 Å². The van der Waals surface area contributed by atoms with E-state index in [-0.39, 0.29) is 31.4 Å². The SMILES string of the molecule is CCn1cc(CC(=O)N2CCOCC2CC(=O)O)c2ccccc21. The zero-order chi connectivity index (χ0) is 17.1. The molecule has 0 aliphatic carbocycles. The number of benzene rings is 1. The van der Waals surface area contributed by atoms with Crippen molar-refractivity contribution in [2.45, 2.75) is 32.4 Å². The molecule has 24 heavy (non-hydrogen) atoms. The minimum atomic E-state index is -0.911. The number of hydrogen-bond donors (Lipinski definition) is 1. The molecule has 1 amide bonds. The van der Waals surface area contributed by atoms with Gasteiger partial charge in [0.25, 0.3) is 0 Å². The van der Waals surface area contributed by atoms with E-state index in [4.69, 9.17) is 9.84 Å². The fourth-order valence-corrected chi connectivity index (χ4v) is 3.34. The summed E-state index contributed by atoms with van der Waals surface area (Å²) in [6.45, 7) is 4.10. The number of carbonyl (C=O) groups excluding carboxylic acids is 1. The average Bonchev–Trinajstić information content (AvgIpc) is 2.93. The summed E-state index contributed by atoms with van der Waals surface area (Å²) in [5, 5.41) is 10.1. The Morgan fingerprint density at radius 2 is 2.12 bits per heavy atom. The highest BCUT2D eigenvalue weighted by molar-refractivity contribution is 5.89. The maximum absolute atomic E-state index is 12.8. The van der Waals surface area contributed by atoms with Crippen molar-refractivity contribution in [3.8, 4) is 0 Å². The number of rotatable bonds is 5. The number of aromatic nitrogens is 1. The first-order valence-corrected chi connectivity index (χ1v) is 8.26. The van der Waals surface area contributed by atoms with Crippen LogP contribution in [0, 0.1) is 0 Å². The van der Waals surface area contributed by atoms with E-state index in [1.165, 1.54) is 0 Å². The molecule has 1 fully saturated rings. The minimum absolute atomic E-state index is 0.0384. The van der Waals surface area contributed by atoms with E-state index < -0.39 is 5.97 Å². The summed E-state index contributed by atoms with van der Waals surface area (Å²) < 4.78 is 7.47. The average molecular weight is 330 g/mol. The summed E-state index contributed by atoms with van der Waals surface area (Å²) in [4.78, 5) is 25.4. The Morgan fingerprint density at radius 3 is 2.88 bits per heavy atom. The van der Waals surface area contributed by atoms with Gasteiger partial charge in [-0.25, -0.2) is 0 Å². The molecule has 2 heterocycles. The predicted octanol–water partition coefficient (Wildman–Crippen LogP) is 1.91. The zero-order valence-corrected chi connectivity index (χ0v) is 13.8. The molecule has 0 bridgehead atoms. The summed E-state index contributed by atoms with van der Waals surface area (Å²) >= 11 is 0. The van der Waals surface area contributed by atoms with Crippen LogP contribution in [-0.4, -0.2) is 52.3 Å². The Morgan fingerprint density at radius 1 is 1.33 bits per heavy atom. The van der Waals surface area contributed by atoms with Crippen molar-refractivity contribution in [2.24, 2.45) is 0 Å². The summed E-state index contributed by atoms with van der Waals surface area (Å²) in [5.74, 6) is -0.950. The van der Waals surface area contributed by atoms with Crippen molar-refractivity contribution >= 4 is 22.8 Å². The number of carbonyl (C=O) groups is 2. The number of carboxylic acids is 1. The summed E-state index contributed by atoms with van der Waals surface area (Å²) in [6.07, 6.45) is 2.22. The molecule has 1 saturated heterocycles. The number of fused-ring (bicyclic) bond motifs is 1. The molecule has 1 aromatic heterocycles. The summed E-state index contributed by atoms with van der Waals surface area (Å²) in [5.41, 5.74) is 2.10. The highest BCUT2D eigenvalue weighted by Crippen LogP contribution is 2.23. The number of ether oxygens (including phenoxy) is 1. The zero-order valence-electron chi connectivity index (χ0n) is 13.8. The molecule has 0 radical (unpaired) electrons. The Labute approximate surface area is 140 Å². The van der Waals surface area contributed by atoms with Crippen molar-refractivity contribution in [2.75, 3.05) is 19.8 Å². The number of aryl methyl sites for hydroxylation is 1. The third-order valence-corrected chi connectivity index (χ3v) is 4.51. The molecule has 6 heteroatoms. The van der Waals surface area contributed by atoms with Crippen LogP contribution in [0.5, 0.6) is 0 Å². The molecule has 0 spiro atoms. The number of amides is 1. The van der Waals surface area contributed by atoms with Gasteiger partial charge in [0.2, 0.25) is 5.91 Å². The molecular formula is C18H22N2O4. The lowest BCUT2D eigenvalue weighted by Crippen LogP contribution is -2.50. The molecule has 0 saturated carbocycles. The van der Waals surface area contributed by atoms with Gasteiger partial charge in [-0.2, -0.15) is 0 Å². The third kappa shape index (κ3) is 3.28. The van der Waals surface area contributed by atoms with E-state index in [9.17, 15) is 9.59 Å². The first-order valence-electron chi connectivity index (χ1n) is 8.26. The molecular weight excluding hydrogens is 308 g/mol. The fraction of sp³-hybridized carbons (Fsp3) is 0.444. The number of morpholine rings is 1. The van der Waals surface area contributed by atoms with Gasteiger partial charge in [-0.05, 0) is 18.6 Å². The van der Waals surface area contributed by atoms with Crippen LogP contribution in [0.2, 0.25) is 0 Å². The molecule has 128 valence electrons. The quantitative estimate of drug-likeness (QED) is 0.909. The Hall–Kier alpha value is -2.34. The molecule has 6 nitrogen and oxygen atoms in total. The predicted molar refractivity (Wildman–Crippen MR) is 89.9 cm³/mol. The first-order chi connectivity index (χ1) is 11.6. The van der Waals surface area contributed by atoms with Crippen LogP contribution < -0.4 is 0 Å². The van der Waals surface area contributed by atoms with Crippen molar-refractivity contribution in [1.29, 1.82) is 0 Å². The van der Waals surface area contributed by atoms with Gasteiger partial charge in [-0.1, -0.05) is 18.2 Å². The maximum Gasteiger partial charge on any atom is 0.305 e. The molecule has 3 rings (SSSR count). The van der Waals surface area contributed by atoms with Gasteiger partial charge in [-0.15, -0.1) is 0 Å². The van der Waals surface area contributed by atoms with E-state index >= 15 is 0 Å². The molecule has 2 aromatic rings. The van der Waals surface area contributed by atoms with Crippen LogP contribution >= 0.6 is 0 Å². The second-order valence-corrected chi connectivity index (χ2v) is 6.05. The van der Waals surface area contributed by atoms with E-state index in [1.54, 1.807) is 4.90 Å². The lowest BCUT2D eigenvalue weighted by molar-refractivity contribution is -0.145. The first kappa shape index (κ1) is 16.5. The highest BCUT2D eigenvalue weighted by atomic mass is 16.5. The largest absolute Gasteiger partial charge is 0.481 e. The summed E-state index contributed by atoms with van der Waals surface area (Å²) in [7, 11) is 0. The van der Waals surface area contributed by atoms with Crippen molar-refractivity contribution in [1.82, 2.24) is 9.47 Å². The number of para-hydroxylation sites is 1. The highest BCUT2D eigenvalue weighted by Gasteiger charge is 2.29. The second kappa shape index (κ2) is 7.05. The van der Waals surface area contributed by atoms with Crippen molar-refractivity contribution in [3.63, 3.8) is 0 Å². The van der Waals surface area contributed by atoms with E-state index in [2.05, 4.69) is 17.6 Å². The molecule has 1 aliphatic rings. The van der Waals surface area contributed by atoms with E-state index in [0.717, 1.165) is 23.0 Å². The van der Waals surface area contributed by atoms with Crippen molar-refractivity contribution < 1.29 is 19.4 Å². The van der Waals surface area contributed by atoms with Gasteiger partial charge in [0, 0.05) is 30.2 Å². The lowest BCUT2D eigenvalue weighted by Gasteiger charge is -2.34. The van der Waals surface area contributed by atoms with Crippen molar-refractivity contribution in [3.05, 3.63) is 36.0 Å². The van der Waals surface area contributed by atoms with Gasteiger partial charge in [0.1, 0.15) is 0 Å². The number of nitrogens with zero attached hydrogens (tertiary/aromatic N) is 2. The molecule has 1 aliphatic heterocycles. The van der Waals surface area contributed by atoms with Crippen LogP contribution in [0.4, 0.5) is 0 Å².